The maximum absolute atomic E-state index is 14.2. The Morgan fingerprint density at radius 3 is 2.33 bits per heavy atom. The van der Waals surface area contributed by atoms with Gasteiger partial charge < -0.3 is 49.6 Å². The Balaban J connectivity index is 1.67. The van der Waals surface area contributed by atoms with Crippen LogP contribution in [0.5, 0.6) is 0 Å². The Morgan fingerprint density at radius 2 is 1.75 bits per heavy atom. The molecule has 0 radical (unpaired) electrons. The minimum atomic E-state index is -1.15. The van der Waals surface area contributed by atoms with Crippen LogP contribution in [0.3, 0.4) is 0 Å². The van der Waals surface area contributed by atoms with Crippen molar-refractivity contribution in [1.82, 2.24) is 20.9 Å². The lowest BCUT2D eigenvalue weighted by molar-refractivity contribution is -0.297. The standard InChI is InChI=1S/C35H62N4O9/c1-12-25-35(8)28(38-32(43)48-35)22(5)36-17-19(2)16-34(7,44-11)29(20(3)26(40)21(4)30(42)46-25)47-31-27(41)24(39(9)10)15-23(45-31)18-37-33(6)13-14-33/h19-25,27-29,31,36-37,41H,12-18H2,1-11H3,(H,38,43)/t19-,20+,21?,22-,23?,24?,25-,27?,28-,29-,31?,34-,35-/m1/s1. The number of cyclic esters (lactones) is 1. The van der Waals surface area contributed by atoms with Crippen molar-refractivity contribution in [2.45, 2.75) is 153 Å². The number of carbonyl (C=O) groups excluding carboxylic acids is 3. The normalized spacial score (nSPS) is 44.2. The van der Waals surface area contributed by atoms with Gasteiger partial charge in [-0.2, -0.15) is 0 Å². The zero-order valence-electron chi connectivity index (χ0n) is 31.0. The number of ketones is 1. The molecule has 13 heteroatoms. The number of fused-ring (bicyclic) bond motifs is 1. The van der Waals surface area contributed by atoms with Gasteiger partial charge in [0.2, 0.25) is 0 Å². The average molecular weight is 683 g/mol. The number of ether oxygens (including phenoxy) is 5. The summed E-state index contributed by atoms with van der Waals surface area (Å²) in [5, 5.41) is 21.6. The molecular weight excluding hydrogens is 620 g/mol. The maximum Gasteiger partial charge on any atom is 0.408 e. The van der Waals surface area contributed by atoms with Crippen LogP contribution in [-0.2, 0) is 33.3 Å². The lowest BCUT2D eigenvalue weighted by Gasteiger charge is -2.47. The smallest absolute Gasteiger partial charge is 0.408 e. The van der Waals surface area contributed by atoms with Crippen LogP contribution in [-0.4, -0.2) is 128 Å². The van der Waals surface area contributed by atoms with E-state index in [1.54, 1.807) is 21.0 Å². The van der Waals surface area contributed by atoms with E-state index in [0.717, 1.165) is 12.8 Å². The molecule has 1 aliphatic carbocycles. The van der Waals surface area contributed by atoms with Crippen LogP contribution in [0, 0.1) is 17.8 Å². The molecule has 0 aromatic heterocycles. The molecule has 0 bridgehead atoms. The molecule has 0 spiro atoms. The first-order valence-electron chi connectivity index (χ1n) is 17.8. The molecule has 276 valence electrons. The van der Waals surface area contributed by atoms with Crippen LogP contribution in [0.4, 0.5) is 4.79 Å². The molecule has 3 heterocycles. The maximum atomic E-state index is 14.2. The van der Waals surface area contributed by atoms with E-state index in [0.29, 0.717) is 32.4 Å². The van der Waals surface area contributed by atoms with Crippen LogP contribution in [0.15, 0.2) is 0 Å². The van der Waals surface area contributed by atoms with Gasteiger partial charge in [-0.25, -0.2) is 4.79 Å². The summed E-state index contributed by atoms with van der Waals surface area (Å²) >= 11 is 0. The number of nitrogens with zero attached hydrogens (tertiary/aromatic N) is 1. The van der Waals surface area contributed by atoms with Crippen molar-refractivity contribution in [1.29, 1.82) is 0 Å². The van der Waals surface area contributed by atoms with E-state index in [1.807, 2.05) is 39.8 Å². The summed E-state index contributed by atoms with van der Waals surface area (Å²) in [6, 6.07) is -0.968. The summed E-state index contributed by atoms with van der Waals surface area (Å²) in [4.78, 5) is 42.3. The van der Waals surface area contributed by atoms with Crippen molar-refractivity contribution in [2.75, 3.05) is 34.3 Å². The first-order valence-corrected chi connectivity index (χ1v) is 17.8. The Kier molecular flexibility index (Phi) is 12.3. The second-order valence-corrected chi connectivity index (χ2v) is 15.8. The SMILES string of the molecule is CC[C@H]1OC(=O)C(C)C(=O)[C@H](C)[C@@H](OC2OC(CNC3(C)CC3)CC(N(C)C)C2O)[C@](C)(OC)C[C@@H](C)CN[C@H](C)[C@H]2NC(=O)O[C@@]21C. The van der Waals surface area contributed by atoms with E-state index < -0.39 is 65.7 Å². The van der Waals surface area contributed by atoms with E-state index in [1.165, 1.54) is 6.92 Å². The van der Waals surface area contributed by atoms with Crippen molar-refractivity contribution < 1.29 is 43.2 Å². The monoisotopic (exact) mass is 682 g/mol. The topological polar surface area (TPSA) is 157 Å². The predicted octanol–water partition coefficient (Wildman–Crippen LogP) is 2.37. The van der Waals surface area contributed by atoms with Crippen LogP contribution < -0.4 is 16.0 Å². The van der Waals surface area contributed by atoms with Gasteiger partial charge in [0.25, 0.3) is 0 Å². The van der Waals surface area contributed by atoms with Crippen LogP contribution in [0.25, 0.3) is 0 Å². The van der Waals surface area contributed by atoms with Gasteiger partial charge in [-0.1, -0.05) is 20.8 Å². The van der Waals surface area contributed by atoms with E-state index in [2.05, 4.69) is 29.8 Å². The highest BCUT2D eigenvalue weighted by molar-refractivity contribution is 6.00. The number of Topliss-reactive ketones (excluding diaryl/α,β-unsaturated/α-hetero) is 1. The molecule has 0 aromatic rings. The quantitative estimate of drug-likeness (QED) is 0.219. The zero-order chi connectivity index (χ0) is 35.8. The van der Waals surface area contributed by atoms with Crippen molar-refractivity contribution in [3.63, 3.8) is 0 Å². The first-order chi connectivity index (χ1) is 22.4. The van der Waals surface area contributed by atoms with Gasteiger partial charge in [-0.05, 0) is 93.3 Å². The Hall–Kier alpha value is -1.87. The van der Waals surface area contributed by atoms with E-state index >= 15 is 0 Å². The predicted molar refractivity (Wildman–Crippen MR) is 179 cm³/mol. The summed E-state index contributed by atoms with van der Waals surface area (Å²) in [6.07, 6.45) is -0.809. The average Bonchev–Trinajstić information content (AvgIpc) is 3.69. The number of carbonyl (C=O) groups is 3. The Morgan fingerprint density at radius 1 is 1.08 bits per heavy atom. The van der Waals surface area contributed by atoms with Crippen LogP contribution in [0.1, 0.15) is 87.5 Å². The number of nitrogens with one attached hydrogen (secondary N) is 3. The van der Waals surface area contributed by atoms with Crippen molar-refractivity contribution in [3.05, 3.63) is 0 Å². The fourth-order valence-corrected chi connectivity index (χ4v) is 7.88. The number of aliphatic hydroxyl groups is 1. The molecule has 1 saturated carbocycles. The molecule has 1 amide bonds. The van der Waals surface area contributed by atoms with E-state index in [9.17, 15) is 19.5 Å². The number of alkyl carbamates (subject to hydrolysis) is 1. The molecular formula is C35H62N4O9. The van der Waals surface area contributed by atoms with Gasteiger partial charge in [-0.15, -0.1) is 0 Å². The number of amides is 1. The van der Waals surface area contributed by atoms with E-state index in [-0.39, 0.29) is 35.4 Å². The highest BCUT2D eigenvalue weighted by Gasteiger charge is 2.55. The number of hydrogen-bond acceptors (Lipinski definition) is 12. The minimum Gasteiger partial charge on any atom is -0.458 e. The van der Waals surface area contributed by atoms with Gasteiger partial charge in [0.15, 0.2) is 17.7 Å². The number of esters is 1. The highest BCUT2D eigenvalue weighted by Crippen LogP contribution is 2.38. The van der Waals surface area contributed by atoms with Gasteiger partial charge in [0.1, 0.15) is 18.1 Å². The second-order valence-electron chi connectivity index (χ2n) is 15.8. The summed E-state index contributed by atoms with van der Waals surface area (Å²) < 4.78 is 31.2. The molecule has 13 atom stereocenters. The number of methoxy groups -OCH3 is 1. The summed E-state index contributed by atoms with van der Waals surface area (Å²) in [6.45, 7) is 16.2. The molecule has 0 aromatic carbocycles. The molecule has 48 heavy (non-hydrogen) atoms. The fraction of sp³-hybridized carbons (Fsp3) is 0.914. The molecule has 4 fully saturated rings. The Labute approximate surface area is 286 Å². The van der Waals surface area contributed by atoms with Crippen LogP contribution >= 0.6 is 0 Å². The zero-order valence-corrected chi connectivity index (χ0v) is 31.0. The van der Waals surface area contributed by atoms with Gasteiger partial charge in [0.05, 0.1) is 23.9 Å². The molecule has 4 N–H and O–H groups in total. The lowest BCUT2D eigenvalue weighted by atomic mass is 9.78. The molecule has 4 rings (SSSR count). The van der Waals surface area contributed by atoms with Gasteiger partial charge >= 0.3 is 12.1 Å². The van der Waals surface area contributed by atoms with E-state index in [4.69, 9.17) is 23.7 Å². The molecule has 5 unspecified atom stereocenters. The third-order valence-corrected chi connectivity index (χ3v) is 11.5. The van der Waals surface area contributed by atoms with Crippen molar-refractivity contribution >= 4 is 17.8 Å². The summed E-state index contributed by atoms with van der Waals surface area (Å²) in [7, 11) is 5.45. The number of hydrogen-bond donors (Lipinski definition) is 4. The Bertz CT molecular complexity index is 1150. The van der Waals surface area contributed by atoms with Crippen molar-refractivity contribution in [2.24, 2.45) is 17.8 Å². The summed E-state index contributed by atoms with van der Waals surface area (Å²) in [5.41, 5.74) is -2.06. The highest BCUT2D eigenvalue weighted by atomic mass is 16.7. The van der Waals surface area contributed by atoms with Crippen molar-refractivity contribution in [3.8, 4) is 0 Å². The summed E-state index contributed by atoms with van der Waals surface area (Å²) in [5.74, 6) is -3.04. The minimum absolute atomic E-state index is 0.0282. The third kappa shape index (κ3) is 8.35. The lowest BCUT2D eigenvalue weighted by Crippen LogP contribution is -2.60. The van der Waals surface area contributed by atoms with Gasteiger partial charge in [0, 0.05) is 37.2 Å². The number of rotatable bonds is 8. The molecule has 13 nitrogen and oxygen atoms in total. The largest absolute Gasteiger partial charge is 0.458 e. The molecule has 3 aliphatic heterocycles. The van der Waals surface area contributed by atoms with Crippen LogP contribution in [0.2, 0.25) is 0 Å². The first kappa shape index (κ1) is 38.9. The molecule has 3 saturated heterocycles. The number of aliphatic hydroxyl groups excluding tert-OH is 1. The second kappa shape index (κ2) is 15.2. The third-order valence-electron chi connectivity index (χ3n) is 11.5. The van der Waals surface area contributed by atoms with Gasteiger partial charge in [-0.3, -0.25) is 9.59 Å². The number of likely N-dealkylation sites (N-methyl/N-ethyl adjacent to an activating group) is 1. The molecule has 4 aliphatic rings. The fourth-order valence-electron chi connectivity index (χ4n) is 7.88.